The zero-order valence-corrected chi connectivity index (χ0v) is 9.89. The molecule has 0 heterocycles. The molecule has 18 heavy (non-hydrogen) atoms. The smallest absolute Gasteiger partial charge is 0.336 e. The van der Waals surface area contributed by atoms with E-state index in [1.807, 2.05) is 0 Å². The molecule has 96 valence electrons. The summed E-state index contributed by atoms with van der Waals surface area (Å²) in [6.45, 7) is 2.07. The predicted molar refractivity (Wildman–Crippen MR) is 61.2 cm³/mol. The van der Waals surface area contributed by atoms with E-state index in [2.05, 4.69) is 0 Å². The van der Waals surface area contributed by atoms with Gasteiger partial charge in [-0.05, 0) is 26.0 Å². The largest absolute Gasteiger partial charge is 0.504 e. The summed E-state index contributed by atoms with van der Waals surface area (Å²) in [5, 5.41) is 18.5. The lowest BCUT2D eigenvalue weighted by atomic mass is 10.0. The van der Waals surface area contributed by atoms with Crippen LogP contribution in [0, 0.1) is 0 Å². The molecule has 2 N–H and O–H groups in total. The first-order chi connectivity index (χ1) is 8.34. The quantitative estimate of drug-likeness (QED) is 0.765. The van der Waals surface area contributed by atoms with Crippen molar-refractivity contribution in [1.82, 2.24) is 0 Å². The molecular formula is C12H12O6. The minimum atomic E-state index is -1.31. The van der Waals surface area contributed by atoms with Gasteiger partial charge in [-0.3, -0.25) is 9.59 Å². The summed E-state index contributed by atoms with van der Waals surface area (Å²) >= 11 is 0. The number of aromatic carboxylic acids is 1. The Morgan fingerprint density at radius 2 is 1.83 bits per heavy atom. The van der Waals surface area contributed by atoms with Crippen LogP contribution in [0.4, 0.5) is 0 Å². The number of phenolic OH excluding ortho intramolecular Hbond substituents is 1. The Morgan fingerprint density at radius 3 is 2.28 bits per heavy atom. The number of ketones is 2. The monoisotopic (exact) mass is 252 g/mol. The molecule has 1 rings (SSSR count). The van der Waals surface area contributed by atoms with Crippen molar-refractivity contribution in [3.05, 3.63) is 23.3 Å². The molecule has 0 saturated carbocycles. The van der Waals surface area contributed by atoms with Crippen LogP contribution in [0.1, 0.15) is 34.6 Å². The number of Topliss-reactive ketones (excluding diaryl/α,β-unsaturated/α-hetero) is 2. The highest BCUT2D eigenvalue weighted by Gasteiger charge is 2.22. The van der Waals surface area contributed by atoms with Crippen molar-refractivity contribution in [3.63, 3.8) is 0 Å². The Morgan fingerprint density at radius 1 is 1.22 bits per heavy atom. The third-order valence-corrected chi connectivity index (χ3v) is 2.14. The van der Waals surface area contributed by atoms with Gasteiger partial charge < -0.3 is 14.9 Å². The molecule has 1 aromatic carbocycles. The van der Waals surface area contributed by atoms with Gasteiger partial charge in [0.1, 0.15) is 6.61 Å². The molecule has 0 aliphatic carbocycles. The maximum absolute atomic E-state index is 11.4. The van der Waals surface area contributed by atoms with Crippen LogP contribution in [-0.2, 0) is 4.79 Å². The minimum absolute atomic E-state index is 0.247. The van der Waals surface area contributed by atoms with E-state index in [-0.39, 0.29) is 35.0 Å². The molecule has 0 aromatic heterocycles. The molecular weight excluding hydrogens is 240 g/mol. The first-order valence-corrected chi connectivity index (χ1v) is 5.07. The molecule has 0 atom stereocenters. The highest BCUT2D eigenvalue weighted by atomic mass is 16.5. The topological polar surface area (TPSA) is 101 Å². The van der Waals surface area contributed by atoms with Crippen molar-refractivity contribution in [2.45, 2.75) is 13.8 Å². The summed E-state index contributed by atoms with van der Waals surface area (Å²) in [5.74, 6) is -2.86. The fraction of sp³-hybridized carbons (Fsp3) is 0.250. The normalized spacial score (nSPS) is 9.89. The molecule has 0 saturated heterocycles. The van der Waals surface area contributed by atoms with E-state index in [0.29, 0.717) is 0 Å². The van der Waals surface area contributed by atoms with Crippen LogP contribution in [0.2, 0.25) is 0 Å². The standard InChI is InChI=1S/C12H12O6/c1-6(13)5-18-11-9(15)4-3-8(12(16)17)10(11)7(2)14/h3-4,15H,5H2,1-2H3,(H,16,17). The van der Waals surface area contributed by atoms with E-state index in [1.165, 1.54) is 6.92 Å². The van der Waals surface area contributed by atoms with Crippen LogP contribution >= 0.6 is 0 Å². The van der Waals surface area contributed by atoms with Gasteiger partial charge in [0.2, 0.25) is 0 Å². The SMILES string of the molecule is CC(=O)COc1c(O)ccc(C(=O)O)c1C(C)=O. The summed E-state index contributed by atoms with van der Waals surface area (Å²) in [5.41, 5.74) is -0.525. The molecule has 1 aromatic rings. The average Bonchev–Trinajstić information content (AvgIpc) is 2.25. The van der Waals surface area contributed by atoms with Crippen molar-refractivity contribution in [2.75, 3.05) is 6.61 Å². The number of carbonyl (C=O) groups is 3. The number of carboxylic acid groups (broad SMARTS) is 1. The Hall–Kier alpha value is -2.37. The van der Waals surface area contributed by atoms with Gasteiger partial charge in [-0.2, -0.15) is 0 Å². The summed E-state index contributed by atoms with van der Waals surface area (Å²) in [6, 6.07) is 2.21. The van der Waals surface area contributed by atoms with Crippen LogP contribution in [0.15, 0.2) is 12.1 Å². The second-order valence-corrected chi connectivity index (χ2v) is 3.69. The number of rotatable bonds is 5. The molecule has 0 spiro atoms. The summed E-state index contributed by atoms with van der Waals surface area (Å²) in [4.78, 5) is 33.2. The van der Waals surface area contributed by atoms with Gasteiger partial charge in [0.25, 0.3) is 0 Å². The van der Waals surface area contributed by atoms with Crippen LogP contribution < -0.4 is 4.74 Å². The van der Waals surface area contributed by atoms with Crippen LogP contribution in [0.5, 0.6) is 11.5 Å². The number of ether oxygens (including phenoxy) is 1. The lowest BCUT2D eigenvalue weighted by Crippen LogP contribution is -2.13. The Kier molecular flexibility index (Phi) is 4.04. The molecule has 0 amide bonds. The molecule has 0 aliphatic heterocycles. The summed E-state index contributed by atoms with van der Waals surface area (Å²) in [6.07, 6.45) is 0. The summed E-state index contributed by atoms with van der Waals surface area (Å²) in [7, 11) is 0. The fourth-order valence-electron chi connectivity index (χ4n) is 1.42. The number of aromatic hydroxyl groups is 1. The van der Waals surface area contributed by atoms with Crippen LogP contribution in [0.25, 0.3) is 0 Å². The van der Waals surface area contributed by atoms with E-state index in [1.54, 1.807) is 0 Å². The van der Waals surface area contributed by atoms with E-state index in [9.17, 15) is 19.5 Å². The first kappa shape index (κ1) is 13.7. The average molecular weight is 252 g/mol. The van der Waals surface area contributed by atoms with Gasteiger partial charge in [0.15, 0.2) is 23.1 Å². The molecule has 0 bridgehead atoms. The Labute approximate surface area is 103 Å². The maximum Gasteiger partial charge on any atom is 0.336 e. The van der Waals surface area contributed by atoms with Crippen molar-refractivity contribution in [3.8, 4) is 11.5 Å². The van der Waals surface area contributed by atoms with Gasteiger partial charge in [-0.1, -0.05) is 0 Å². The van der Waals surface area contributed by atoms with Crippen molar-refractivity contribution in [1.29, 1.82) is 0 Å². The first-order valence-electron chi connectivity index (χ1n) is 5.07. The van der Waals surface area contributed by atoms with Crippen LogP contribution in [-0.4, -0.2) is 34.4 Å². The zero-order valence-electron chi connectivity index (χ0n) is 9.89. The van der Waals surface area contributed by atoms with E-state index >= 15 is 0 Å². The molecule has 0 radical (unpaired) electrons. The van der Waals surface area contributed by atoms with Gasteiger partial charge in [-0.15, -0.1) is 0 Å². The lowest BCUT2D eigenvalue weighted by molar-refractivity contribution is -0.118. The van der Waals surface area contributed by atoms with Crippen molar-refractivity contribution >= 4 is 17.5 Å². The third kappa shape index (κ3) is 2.85. The number of carbonyl (C=O) groups excluding carboxylic acids is 2. The predicted octanol–water partition coefficient (Wildman–Crippen LogP) is 1.26. The zero-order chi connectivity index (χ0) is 13.9. The highest BCUT2D eigenvalue weighted by molar-refractivity contribution is 6.07. The highest BCUT2D eigenvalue weighted by Crippen LogP contribution is 2.33. The molecule has 6 nitrogen and oxygen atoms in total. The number of benzene rings is 1. The van der Waals surface area contributed by atoms with E-state index in [4.69, 9.17) is 9.84 Å². The van der Waals surface area contributed by atoms with Crippen molar-refractivity contribution < 1.29 is 29.3 Å². The molecule has 0 aliphatic rings. The van der Waals surface area contributed by atoms with Gasteiger partial charge in [-0.25, -0.2) is 4.79 Å². The second kappa shape index (κ2) is 5.31. The lowest BCUT2D eigenvalue weighted by Gasteiger charge is -2.12. The van der Waals surface area contributed by atoms with Gasteiger partial charge in [0, 0.05) is 0 Å². The second-order valence-electron chi connectivity index (χ2n) is 3.69. The third-order valence-electron chi connectivity index (χ3n) is 2.14. The van der Waals surface area contributed by atoms with Gasteiger partial charge in [0.05, 0.1) is 11.1 Å². The number of hydrogen-bond donors (Lipinski definition) is 2. The van der Waals surface area contributed by atoms with Crippen LogP contribution in [0.3, 0.4) is 0 Å². The maximum atomic E-state index is 11.4. The molecule has 0 fully saturated rings. The Bertz CT molecular complexity index is 518. The Balaban J connectivity index is 3.36. The number of carboxylic acids is 1. The summed E-state index contributed by atoms with van der Waals surface area (Å²) < 4.78 is 5.00. The fourth-order valence-corrected chi connectivity index (χ4v) is 1.42. The molecule has 0 unspecified atom stereocenters. The van der Waals surface area contributed by atoms with Crippen molar-refractivity contribution in [2.24, 2.45) is 0 Å². The van der Waals surface area contributed by atoms with E-state index in [0.717, 1.165) is 19.1 Å². The van der Waals surface area contributed by atoms with Gasteiger partial charge >= 0.3 is 5.97 Å². The number of hydrogen-bond acceptors (Lipinski definition) is 5. The van der Waals surface area contributed by atoms with E-state index < -0.39 is 11.8 Å². The number of phenols is 1. The molecule has 6 heteroatoms. The minimum Gasteiger partial charge on any atom is -0.504 e.